The van der Waals surface area contributed by atoms with Gasteiger partial charge in [-0.25, -0.2) is 9.46 Å². The first-order valence-electron chi connectivity index (χ1n) is 14.1. The number of nitrogens with one attached hydrogen (secondary N) is 1. The van der Waals surface area contributed by atoms with Crippen LogP contribution in [0.5, 0.6) is 0 Å². The number of hydrogen-bond donors (Lipinski definition) is 2. The highest BCUT2D eigenvalue weighted by molar-refractivity contribution is 7.45. The Morgan fingerprint density at radius 3 is 2.57 bits per heavy atom. The number of carbonyl (C=O) groups is 1. The number of aromatic nitrogens is 2. The molecule has 2 N–H and O–H groups in total. The number of fused-ring (bicyclic) bond motifs is 1. The lowest BCUT2D eigenvalue weighted by atomic mass is 9.87. The summed E-state index contributed by atoms with van der Waals surface area (Å²) in [5, 5.41) is 13.0. The van der Waals surface area contributed by atoms with Crippen molar-refractivity contribution in [2.75, 3.05) is 25.6 Å². The molecule has 1 amide bonds. The third kappa shape index (κ3) is 5.20. The third-order valence-corrected chi connectivity index (χ3v) is 10.2. The second-order valence-electron chi connectivity index (χ2n) is 10.9. The molecule has 12 heteroatoms. The second-order valence-corrected chi connectivity index (χ2v) is 12.3. The van der Waals surface area contributed by atoms with E-state index in [2.05, 4.69) is 34.0 Å². The van der Waals surface area contributed by atoms with Gasteiger partial charge in [-0.2, -0.15) is 4.98 Å². The summed E-state index contributed by atoms with van der Waals surface area (Å²) in [7, 11) is 0.0201. The number of hydrogen-bond acceptors (Lipinski definition) is 9. The Kier molecular flexibility index (Phi) is 8.26. The first-order chi connectivity index (χ1) is 20.3. The average Bonchev–Trinajstić information content (AvgIpc) is 3.71. The van der Waals surface area contributed by atoms with Crippen LogP contribution < -0.4 is 11.0 Å². The molecule has 3 aromatic rings. The van der Waals surface area contributed by atoms with Crippen LogP contribution in [0.1, 0.15) is 47.5 Å². The number of rotatable bonds is 8. The van der Waals surface area contributed by atoms with Gasteiger partial charge in [0.05, 0.1) is 12.6 Å². The standard InChI is InChI=1S/C30H35N4O7P/c1-19-17-33(29(37)32-26(19)31-27(36)20-11-6-4-7-12-20)28-25(38-3)24(22(18-35)39-28)40-42-34-16-10-15-23(34)30(2,41-42)21-13-8-5-9-14-21/h4-9,11-14,17,22-25,28,35H,10,15-16,18H2,1-3H3,(H,31,32,36,37)/t22-,23+,24?,25+,28-,30-,42+/m1/s1. The van der Waals surface area contributed by atoms with Crippen LogP contribution in [0.3, 0.4) is 0 Å². The number of aliphatic hydroxyl groups excluding tert-OH is 1. The van der Waals surface area contributed by atoms with Crippen molar-refractivity contribution < 1.29 is 28.4 Å². The first-order valence-corrected chi connectivity index (χ1v) is 15.2. The topological polar surface area (TPSA) is 124 Å². The van der Waals surface area contributed by atoms with Crippen molar-refractivity contribution in [2.45, 2.75) is 62.9 Å². The van der Waals surface area contributed by atoms with Gasteiger partial charge in [-0.15, -0.1) is 0 Å². The minimum Gasteiger partial charge on any atom is -0.394 e. The number of aryl methyl sites for hydroxylation is 1. The molecule has 3 aliphatic rings. The van der Waals surface area contributed by atoms with E-state index >= 15 is 0 Å². The third-order valence-electron chi connectivity index (χ3n) is 8.31. The molecule has 0 saturated carbocycles. The zero-order valence-electron chi connectivity index (χ0n) is 23.8. The predicted octanol–water partition coefficient (Wildman–Crippen LogP) is 3.73. The lowest BCUT2D eigenvalue weighted by Crippen LogP contribution is -2.39. The van der Waals surface area contributed by atoms with E-state index in [1.807, 2.05) is 24.3 Å². The van der Waals surface area contributed by atoms with Gasteiger partial charge in [0.2, 0.25) is 0 Å². The van der Waals surface area contributed by atoms with Gasteiger partial charge < -0.3 is 28.9 Å². The zero-order valence-corrected chi connectivity index (χ0v) is 24.6. The lowest BCUT2D eigenvalue weighted by Gasteiger charge is -2.29. The Labute approximate surface area is 245 Å². The van der Waals surface area contributed by atoms with Crippen LogP contribution in [0.4, 0.5) is 5.82 Å². The zero-order chi connectivity index (χ0) is 29.4. The molecule has 222 valence electrons. The molecule has 0 radical (unpaired) electrons. The van der Waals surface area contributed by atoms with Crippen molar-refractivity contribution in [3.05, 3.63) is 94.0 Å². The molecule has 0 aliphatic carbocycles. The van der Waals surface area contributed by atoms with Crippen LogP contribution in [0, 0.1) is 6.92 Å². The van der Waals surface area contributed by atoms with Gasteiger partial charge in [-0.05, 0) is 44.4 Å². The van der Waals surface area contributed by atoms with E-state index in [4.69, 9.17) is 18.5 Å². The van der Waals surface area contributed by atoms with E-state index in [1.165, 1.54) is 11.7 Å². The normalized spacial score (nSPS) is 30.9. The number of aliphatic hydroxyl groups is 1. The van der Waals surface area contributed by atoms with Crippen LogP contribution in [0.2, 0.25) is 0 Å². The van der Waals surface area contributed by atoms with Gasteiger partial charge in [0.25, 0.3) is 14.4 Å². The minimum atomic E-state index is -1.50. The number of benzene rings is 2. The number of anilines is 1. The molecule has 3 aliphatic heterocycles. The molecule has 7 atom stereocenters. The van der Waals surface area contributed by atoms with Gasteiger partial charge in [0, 0.05) is 31.0 Å². The predicted molar refractivity (Wildman–Crippen MR) is 156 cm³/mol. The molecule has 42 heavy (non-hydrogen) atoms. The summed E-state index contributed by atoms with van der Waals surface area (Å²) < 4.78 is 28.9. The maximum absolute atomic E-state index is 13.2. The fraction of sp³-hybridized carbons (Fsp3) is 0.433. The molecule has 1 unspecified atom stereocenters. The summed E-state index contributed by atoms with van der Waals surface area (Å²) in [5.41, 5.74) is 0.923. The van der Waals surface area contributed by atoms with Gasteiger partial charge in [-0.3, -0.25) is 9.36 Å². The van der Waals surface area contributed by atoms with E-state index in [-0.39, 0.29) is 24.4 Å². The summed E-state index contributed by atoms with van der Waals surface area (Å²) in [4.78, 5) is 30.0. The van der Waals surface area contributed by atoms with Crippen molar-refractivity contribution in [3.63, 3.8) is 0 Å². The molecule has 3 saturated heterocycles. The van der Waals surface area contributed by atoms with Crippen molar-refractivity contribution in [1.29, 1.82) is 0 Å². The highest BCUT2D eigenvalue weighted by atomic mass is 31.2. The Morgan fingerprint density at radius 2 is 1.88 bits per heavy atom. The van der Waals surface area contributed by atoms with Crippen LogP contribution >= 0.6 is 8.53 Å². The number of amides is 1. The van der Waals surface area contributed by atoms with Crippen LogP contribution in [0.15, 0.2) is 71.7 Å². The second kappa shape index (κ2) is 11.9. The molecule has 0 spiro atoms. The Bertz CT molecular complexity index is 1480. The molecular weight excluding hydrogens is 559 g/mol. The molecule has 2 aromatic carbocycles. The summed E-state index contributed by atoms with van der Waals surface area (Å²) in [6.45, 7) is 4.35. The Hall–Kier alpha value is -3.02. The molecule has 4 heterocycles. The van der Waals surface area contributed by atoms with E-state index in [1.54, 1.807) is 37.4 Å². The molecular formula is C30H35N4O7P. The molecule has 3 fully saturated rings. The number of ether oxygens (including phenoxy) is 2. The van der Waals surface area contributed by atoms with Gasteiger partial charge >= 0.3 is 5.69 Å². The monoisotopic (exact) mass is 594 g/mol. The van der Waals surface area contributed by atoms with E-state index in [0.29, 0.717) is 11.1 Å². The SMILES string of the molecule is CO[C@H]1C(O[P@@]2O[C@](C)(c3ccccc3)[C@@H]3CCCN32)[C@@H](CO)O[C@H]1n1cc(C)c(NC(=O)c2ccccc2)nc1=O. The molecule has 0 bridgehead atoms. The number of nitrogens with zero attached hydrogens (tertiary/aromatic N) is 3. The van der Waals surface area contributed by atoms with Crippen molar-refractivity contribution in [1.82, 2.24) is 14.2 Å². The maximum Gasteiger partial charge on any atom is 0.351 e. The number of methoxy groups -OCH3 is 1. The van der Waals surface area contributed by atoms with Gasteiger partial charge in [0.1, 0.15) is 29.7 Å². The largest absolute Gasteiger partial charge is 0.394 e. The first kappa shape index (κ1) is 29.1. The van der Waals surface area contributed by atoms with Crippen molar-refractivity contribution in [3.8, 4) is 0 Å². The fourth-order valence-electron chi connectivity index (χ4n) is 6.08. The van der Waals surface area contributed by atoms with Crippen LogP contribution in [0.25, 0.3) is 0 Å². The van der Waals surface area contributed by atoms with Gasteiger partial charge in [0.15, 0.2) is 6.23 Å². The summed E-state index contributed by atoms with van der Waals surface area (Å²) in [5.74, 6) is -0.211. The molecule has 11 nitrogen and oxygen atoms in total. The van der Waals surface area contributed by atoms with Crippen molar-refractivity contribution >= 4 is 20.3 Å². The van der Waals surface area contributed by atoms with Crippen LogP contribution in [-0.4, -0.2) is 69.9 Å². The van der Waals surface area contributed by atoms with Gasteiger partial charge in [-0.1, -0.05) is 48.5 Å². The highest BCUT2D eigenvalue weighted by Crippen LogP contribution is 2.64. The van der Waals surface area contributed by atoms with Crippen molar-refractivity contribution in [2.24, 2.45) is 0 Å². The number of carbonyl (C=O) groups excluding carboxylic acids is 1. The summed E-state index contributed by atoms with van der Waals surface area (Å²) >= 11 is 0. The van der Waals surface area contributed by atoms with Crippen LogP contribution in [-0.2, 0) is 24.1 Å². The maximum atomic E-state index is 13.2. The fourth-order valence-corrected chi connectivity index (χ4v) is 8.24. The molecule has 1 aromatic heterocycles. The lowest BCUT2D eigenvalue weighted by molar-refractivity contribution is -0.0625. The minimum absolute atomic E-state index is 0.158. The Balaban J connectivity index is 1.24. The summed E-state index contributed by atoms with van der Waals surface area (Å²) in [6, 6.07) is 19.0. The average molecular weight is 595 g/mol. The molecule has 6 rings (SSSR count). The quantitative estimate of drug-likeness (QED) is 0.376. The van der Waals surface area contributed by atoms with E-state index in [0.717, 1.165) is 24.9 Å². The van der Waals surface area contributed by atoms with E-state index < -0.39 is 44.4 Å². The van der Waals surface area contributed by atoms with E-state index in [9.17, 15) is 14.7 Å². The highest BCUT2D eigenvalue weighted by Gasteiger charge is 2.57. The smallest absolute Gasteiger partial charge is 0.351 e. The summed E-state index contributed by atoms with van der Waals surface area (Å²) in [6.07, 6.45) is 0.475. The Morgan fingerprint density at radius 1 is 1.17 bits per heavy atom.